The van der Waals surface area contributed by atoms with Crippen molar-refractivity contribution in [2.75, 3.05) is 6.54 Å². The van der Waals surface area contributed by atoms with E-state index in [0.29, 0.717) is 11.4 Å². The number of aryl methyl sites for hydroxylation is 1. The molecule has 4 rings (SSSR count). The summed E-state index contributed by atoms with van der Waals surface area (Å²) in [5.41, 5.74) is 0.596. The van der Waals surface area contributed by atoms with Gasteiger partial charge in [0.25, 0.3) is 17.4 Å². The van der Waals surface area contributed by atoms with Crippen LogP contribution in [0.15, 0.2) is 45.7 Å². The largest absolute Gasteiger partial charge is 0.458 e. The van der Waals surface area contributed by atoms with E-state index in [4.69, 9.17) is 9.26 Å². The number of rotatable bonds is 4. The molecule has 0 bridgehead atoms. The van der Waals surface area contributed by atoms with E-state index in [1.54, 1.807) is 25.1 Å². The van der Waals surface area contributed by atoms with Gasteiger partial charge < -0.3 is 9.26 Å². The van der Waals surface area contributed by atoms with E-state index in [1.807, 2.05) is 0 Å². The van der Waals surface area contributed by atoms with Crippen molar-refractivity contribution < 1.29 is 23.6 Å². The van der Waals surface area contributed by atoms with Crippen LogP contribution >= 0.6 is 0 Å². The molecule has 0 saturated carbocycles. The maximum absolute atomic E-state index is 12.2. The molecule has 1 aliphatic rings. The zero-order chi connectivity index (χ0) is 19.1. The molecule has 1 aromatic carbocycles. The highest BCUT2D eigenvalue weighted by Crippen LogP contribution is 2.22. The summed E-state index contributed by atoms with van der Waals surface area (Å²) in [6, 6.07) is 9.10. The highest BCUT2D eigenvalue weighted by Gasteiger charge is 2.36. The Morgan fingerprint density at radius 2 is 1.78 bits per heavy atom. The molecule has 9 heteroatoms. The first kappa shape index (κ1) is 16.7. The number of amides is 2. The minimum absolute atomic E-state index is 0.233. The van der Waals surface area contributed by atoms with Gasteiger partial charge in [-0.15, -0.1) is 4.57 Å². The van der Waals surface area contributed by atoms with Gasteiger partial charge >= 0.3 is 5.97 Å². The lowest BCUT2D eigenvalue weighted by Gasteiger charge is -2.12. The topological polar surface area (TPSA) is 111 Å². The summed E-state index contributed by atoms with van der Waals surface area (Å²) in [6.07, 6.45) is 0. The minimum Gasteiger partial charge on any atom is -0.458 e. The molecule has 0 radical (unpaired) electrons. The Labute approximate surface area is 151 Å². The molecule has 0 saturated heterocycles. The van der Waals surface area contributed by atoms with Crippen LogP contribution in [0.2, 0.25) is 0 Å². The van der Waals surface area contributed by atoms with Gasteiger partial charge in [0.15, 0.2) is 5.65 Å². The van der Waals surface area contributed by atoms with Gasteiger partial charge in [-0.2, -0.15) is 0 Å². The molecule has 0 aliphatic carbocycles. The first-order valence-electron chi connectivity index (χ1n) is 8.04. The van der Waals surface area contributed by atoms with Crippen molar-refractivity contribution in [3.05, 3.63) is 69.3 Å². The fraction of sp³-hybridized carbons (Fsp3) is 0.167. The number of fused-ring (bicyclic) bond motifs is 2. The Morgan fingerprint density at radius 1 is 1.11 bits per heavy atom. The minimum atomic E-state index is -0.783. The van der Waals surface area contributed by atoms with E-state index in [9.17, 15) is 19.2 Å². The predicted octanol–water partition coefficient (Wildman–Crippen LogP) is 0.935. The molecule has 2 aromatic heterocycles. The third kappa shape index (κ3) is 2.88. The summed E-state index contributed by atoms with van der Waals surface area (Å²) >= 11 is 0. The van der Waals surface area contributed by atoms with E-state index < -0.39 is 29.9 Å². The normalized spacial score (nSPS) is 13.3. The second-order valence-electron chi connectivity index (χ2n) is 5.99. The lowest BCUT2D eigenvalue weighted by Crippen LogP contribution is -2.35. The summed E-state index contributed by atoms with van der Waals surface area (Å²) < 4.78 is 11.3. The fourth-order valence-electron chi connectivity index (χ4n) is 2.86. The van der Waals surface area contributed by atoms with Gasteiger partial charge in [0.1, 0.15) is 18.9 Å². The van der Waals surface area contributed by atoms with Crippen LogP contribution in [-0.2, 0) is 16.1 Å². The van der Waals surface area contributed by atoms with E-state index in [2.05, 4.69) is 4.98 Å². The number of carbonyl (C=O) groups is 3. The Kier molecular flexibility index (Phi) is 3.84. The third-order valence-electron chi connectivity index (χ3n) is 4.07. The predicted molar refractivity (Wildman–Crippen MR) is 90.1 cm³/mol. The van der Waals surface area contributed by atoms with Gasteiger partial charge in [-0.05, 0) is 19.1 Å². The van der Waals surface area contributed by atoms with Crippen LogP contribution in [0.1, 0.15) is 32.2 Å². The number of benzene rings is 1. The van der Waals surface area contributed by atoms with Crippen molar-refractivity contribution in [3.8, 4) is 0 Å². The van der Waals surface area contributed by atoms with Crippen LogP contribution in [0, 0.1) is 6.92 Å². The quantitative estimate of drug-likeness (QED) is 0.498. The van der Waals surface area contributed by atoms with E-state index in [1.165, 1.54) is 18.2 Å². The highest BCUT2D eigenvalue weighted by atomic mass is 16.5. The number of esters is 1. The molecule has 9 nitrogen and oxygen atoms in total. The smallest absolute Gasteiger partial charge is 0.326 e. The van der Waals surface area contributed by atoms with Crippen LogP contribution in [0.5, 0.6) is 0 Å². The average molecular weight is 367 g/mol. The average Bonchev–Trinajstić information content (AvgIpc) is 3.14. The first-order chi connectivity index (χ1) is 12.9. The van der Waals surface area contributed by atoms with Gasteiger partial charge in [0.05, 0.1) is 16.8 Å². The van der Waals surface area contributed by atoms with Crippen LogP contribution < -0.4 is 5.56 Å². The van der Waals surface area contributed by atoms with Crippen molar-refractivity contribution in [3.63, 3.8) is 0 Å². The molecular formula is C18H13N3O6. The van der Waals surface area contributed by atoms with E-state index >= 15 is 0 Å². The number of carbonyl (C=O) groups excluding carboxylic acids is 3. The zero-order valence-corrected chi connectivity index (χ0v) is 14.2. The molecule has 3 aromatic rings. The van der Waals surface area contributed by atoms with Crippen LogP contribution in [0.4, 0.5) is 0 Å². The second kappa shape index (κ2) is 6.20. The fourth-order valence-corrected chi connectivity index (χ4v) is 2.86. The lowest BCUT2D eigenvalue weighted by atomic mass is 10.1. The van der Waals surface area contributed by atoms with E-state index in [0.717, 1.165) is 9.47 Å². The summed E-state index contributed by atoms with van der Waals surface area (Å²) in [5.74, 6) is -1.35. The van der Waals surface area contributed by atoms with Crippen molar-refractivity contribution in [1.29, 1.82) is 0 Å². The summed E-state index contributed by atoms with van der Waals surface area (Å²) in [6.45, 7) is 0.895. The molecule has 136 valence electrons. The SMILES string of the molecule is Cc1cc2nc(COC(=O)CN3C(=O)c4ccccc4C3=O)cc(=O)n2o1. The Bertz CT molecular complexity index is 1120. The Hall–Kier alpha value is -3.75. The van der Waals surface area contributed by atoms with Gasteiger partial charge in [0.2, 0.25) is 0 Å². The number of nitrogens with zero attached hydrogens (tertiary/aromatic N) is 3. The van der Waals surface area contributed by atoms with Crippen LogP contribution in [0.25, 0.3) is 5.65 Å². The molecule has 2 amide bonds. The number of imide groups is 1. The van der Waals surface area contributed by atoms with Gasteiger partial charge in [-0.3, -0.25) is 24.1 Å². The van der Waals surface area contributed by atoms with Crippen molar-refractivity contribution in [2.45, 2.75) is 13.5 Å². The third-order valence-corrected chi connectivity index (χ3v) is 4.07. The standard InChI is InChI=1S/C18H13N3O6/c1-10-6-14-19-11(7-15(22)21(14)27-10)9-26-16(23)8-20-17(24)12-4-2-3-5-13(12)18(20)25/h2-7H,8-9H2,1H3. The maximum Gasteiger partial charge on any atom is 0.326 e. The van der Waals surface area contributed by atoms with Crippen molar-refractivity contribution >= 4 is 23.4 Å². The molecule has 27 heavy (non-hydrogen) atoms. The molecule has 1 aliphatic heterocycles. The Morgan fingerprint density at radius 3 is 2.44 bits per heavy atom. The van der Waals surface area contributed by atoms with Crippen molar-refractivity contribution in [2.24, 2.45) is 0 Å². The summed E-state index contributed by atoms with van der Waals surface area (Å²) in [5, 5.41) is 0. The number of hydrogen-bond acceptors (Lipinski definition) is 7. The molecule has 0 atom stereocenters. The number of ether oxygens (including phenoxy) is 1. The van der Waals surface area contributed by atoms with Gasteiger partial charge in [-0.1, -0.05) is 12.1 Å². The molecule has 0 fully saturated rings. The number of aromatic nitrogens is 2. The first-order valence-corrected chi connectivity index (χ1v) is 8.04. The molecular weight excluding hydrogens is 354 g/mol. The van der Waals surface area contributed by atoms with Gasteiger partial charge in [0, 0.05) is 12.1 Å². The highest BCUT2D eigenvalue weighted by molar-refractivity contribution is 6.22. The summed E-state index contributed by atoms with van der Waals surface area (Å²) in [7, 11) is 0. The molecule has 0 unspecified atom stereocenters. The molecule has 0 N–H and O–H groups in total. The van der Waals surface area contributed by atoms with Crippen molar-refractivity contribution in [1.82, 2.24) is 14.5 Å². The zero-order valence-electron chi connectivity index (χ0n) is 14.2. The van der Waals surface area contributed by atoms with Crippen LogP contribution in [0.3, 0.4) is 0 Å². The lowest BCUT2D eigenvalue weighted by molar-refractivity contribution is -0.145. The molecule has 3 heterocycles. The van der Waals surface area contributed by atoms with E-state index in [-0.39, 0.29) is 23.4 Å². The second-order valence-corrected chi connectivity index (χ2v) is 5.99. The van der Waals surface area contributed by atoms with Gasteiger partial charge in [-0.25, -0.2) is 4.98 Å². The monoisotopic (exact) mass is 367 g/mol. The number of hydrogen-bond donors (Lipinski definition) is 0. The molecule has 0 spiro atoms. The summed E-state index contributed by atoms with van der Waals surface area (Å²) in [4.78, 5) is 53.5. The maximum atomic E-state index is 12.2. The van der Waals surface area contributed by atoms with Crippen LogP contribution in [-0.4, -0.2) is 38.8 Å². The Balaban J connectivity index is 1.44.